The van der Waals surface area contributed by atoms with Crippen LogP contribution in [-0.4, -0.2) is 54.9 Å². The Balaban J connectivity index is 2.51. The molecule has 9 heteroatoms. The molecule has 6 nitrogen and oxygen atoms in total. The van der Waals surface area contributed by atoms with Crippen LogP contribution >= 0.6 is 0 Å². The van der Waals surface area contributed by atoms with Crippen molar-refractivity contribution in [1.29, 1.82) is 0 Å². The summed E-state index contributed by atoms with van der Waals surface area (Å²) in [5.41, 5.74) is 0. The summed E-state index contributed by atoms with van der Waals surface area (Å²) >= 11 is 0. The lowest BCUT2D eigenvalue weighted by atomic mass is 10.3. The Morgan fingerprint density at radius 3 is 2.29 bits per heavy atom. The number of nitrogens with zero attached hydrogens (tertiary/aromatic N) is 1. The number of carboxylic acid groups (broad SMARTS) is 1. The average Bonchev–Trinajstić information content (AvgIpc) is 2.50. The van der Waals surface area contributed by atoms with Crippen LogP contribution in [0.15, 0.2) is 24.3 Å². The molecule has 0 heterocycles. The quantitative estimate of drug-likeness (QED) is 0.740. The van der Waals surface area contributed by atoms with Crippen molar-refractivity contribution < 1.29 is 37.3 Å². The number of carbonyl (C=O) groups excluding carboxylic acids is 1. The van der Waals surface area contributed by atoms with Crippen LogP contribution < -0.4 is 9.47 Å². The number of amides is 1. The summed E-state index contributed by atoms with van der Waals surface area (Å²) in [7, 11) is 1.49. The highest BCUT2D eigenvalue weighted by atomic mass is 19.4. The van der Waals surface area contributed by atoms with E-state index in [1.54, 1.807) is 0 Å². The van der Waals surface area contributed by atoms with Crippen molar-refractivity contribution in [3.63, 3.8) is 0 Å². The molecular formula is C15H18F3NO5. The predicted octanol–water partition coefficient (Wildman–Crippen LogP) is 2.33. The number of aliphatic carboxylic acids is 1. The predicted molar refractivity (Wildman–Crippen MR) is 78.0 cm³/mol. The van der Waals surface area contributed by atoms with Gasteiger partial charge in [0.15, 0.2) is 24.7 Å². The molecular weight excluding hydrogens is 331 g/mol. The fourth-order valence-corrected chi connectivity index (χ4v) is 1.69. The molecule has 1 amide bonds. The first-order valence-electron chi connectivity index (χ1n) is 7.06. The molecule has 0 aliphatic heterocycles. The lowest BCUT2D eigenvalue weighted by molar-refractivity contribution is -0.153. The van der Waals surface area contributed by atoms with Crippen LogP contribution in [0.3, 0.4) is 0 Å². The zero-order valence-electron chi connectivity index (χ0n) is 13.0. The summed E-state index contributed by atoms with van der Waals surface area (Å²) in [5.74, 6) is -1.47. The molecule has 0 aliphatic rings. The van der Waals surface area contributed by atoms with Gasteiger partial charge in [-0.3, -0.25) is 9.59 Å². The maximum atomic E-state index is 12.2. The molecule has 0 unspecified atom stereocenters. The number of hydrogen-bond donors (Lipinski definition) is 1. The molecule has 0 saturated carbocycles. The summed E-state index contributed by atoms with van der Waals surface area (Å²) in [6.45, 7) is -1.62. The van der Waals surface area contributed by atoms with E-state index in [-0.39, 0.29) is 24.5 Å². The third-order valence-corrected chi connectivity index (χ3v) is 2.90. The molecule has 1 aromatic carbocycles. The first-order chi connectivity index (χ1) is 11.2. The number of carbonyl (C=O) groups is 2. The van der Waals surface area contributed by atoms with Crippen LogP contribution in [-0.2, 0) is 9.59 Å². The standard InChI is InChI=1S/C15H18F3NO5/c1-19(8-4-7-14(21)22)13(20)9-23-11-5-2-3-6-12(11)24-10-15(16,17)18/h2-3,5-6H,4,7-10H2,1H3,(H,21,22). The molecule has 134 valence electrons. The topological polar surface area (TPSA) is 76.1 Å². The normalized spacial score (nSPS) is 11.0. The molecule has 1 N–H and O–H groups in total. The van der Waals surface area contributed by atoms with Crippen LogP contribution in [0, 0.1) is 0 Å². The SMILES string of the molecule is CN(CCCC(=O)O)C(=O)COc1ccccc1OCC(F)(F)F. The Morgan fingerprint density at radius 1 is 1.17 bits per heavy atom. The van der Waals surface area contributed by atoms with E-state index in [0.29, 0.717) is 6.42 Å². The van der Waals surface area contributed by atoms with Gasteiger partial charge < -0.3 is 19.5 Å². The Hall–Kier alpha value is -2.45. The van der Waals surface area contributed by atoms with Gasteiger partial charge in [-0.25, -0.2) is 0 Å². The minimum atomic E-state index is -4.48. The van der Waals surface area contributed by atoms with Crippen molar-refractivity contribution in [3.8, 4) is 11.5 Å². The van der Waals surface area contributed by atoms with Crippen LogP contribution in [0.25, 0.3) is 0 Å². The van der Waals surface area contributed by atoms with Gasteiger partial charge in [0, 0.05) is 20.0 Å². The van der Waals surface area contributed by atoms with E-state index in [0.717, 1.165) is 0 Å². The Labute approximate surface area is 136 Å². The highest BCUT2D eigenvalue weighted by Gasteiger charge is 2.29. The number of halogens is 3. The molecule has 0 aliphatic carbocycles. The van der Waals surface area contributed by atoms with Gasteiger partial charge in [0.2, 0.25) is 0 Å². The summed E-state index contributed by atoms with van der Waals surface area (Å²) in [6.07, 6.45) is -4.25. The summed E-state index contributed by atoms with van der Waals surface area (Å²) in [6, 6.07) is 5.72. The largest absolute Gasteiger partial charge is 0.481 e. The summed E-state index contributed by atoms with van der Waals surface area (Å²) in [5, 5.41) is 8.53. The number of alkyl halides is 3. The highest BCUT2D eigenvalue weighted by Crippen LogP contribution is 2.28. The Kier molecular flexibility index (Phi) is 7.34. The van der Waals surface area contributed by atoms with Crippen molar-refractivity contribution in [1.82, 2.24) is 4.90 Å². The van der Waals surface area contributed by atoms with Gasteiger partial charge in [-0.15, -0.1) is 0 Å². The van der Waals surface area contributed by atoms with Gasteiger partial charge in [0.1, 0.15) is 0 Å². The van der Waals surface area contributed by atoms with Crippen LogP contribution in [0.2, 0.25) is 0 Å². The number of carboxylic acids is 1. The molecule has 0 radical (unpaired) electrons. The number of benzene rings is 1. The van der Waals surface area contributed by atoms with Gasteiger partial charge >= 0.3 is 12.1 Å². The Morgan fingerprint density at radius 2 is 1.75 bits per heavy atom. The number of hydrogen-bond acceptors (Lipinski definition) is 4. The van der Waals surface area contributed by atoms with Crippen LogP contribution in [0.1, 0.15) is 12.8 Å². The fourth-order valence-electron chi connectivity index (χ4n) is 1.69. The first kappa shape index (κ1) is 19.6. The van der Waals surface area contributed by atoms with Crippen molar-refractivity contribution in [2.45, 2.75) is 19.0 Å². The van der Waals surface area contributed by atoms with E-state index in [2.05, 4.69) is 4.74 Å². The number of rotatable bonds is 9. The second kappa shape index (κ2) is 8.99. The van der Waals surface area contributed by atoms with Crippen molar-refractivity contribution in [2.75, 3.05) is 26.8 Å². The molecule has 1 rings (SSSR count). The molecule has 0 atom stereocenters. The Bertz CT molecular complexity index is 562. The molecule has 0 bridgehead atoms. The third kappa shape index (κ3) is 7.70. The van der Waals surface area contributed by atoms with Crippen LogP contribution in [0.5, 0.6) is 11.5 Å². The maximum Gasteiger partial charge on any atom is 0.422 e. The lowest BCUT2D eigenvalue weighted by Crippen LogP contribution is -2.32. The van der Waals surface area contributed by atoms with E-state index in [4.69, 9.17) is 9.84 Å². The summed E-state index contributed by atoms with van der Waals surface area (Å²) < 4.78 is 46.5. The van der Waals surface area contributed by atoms with Crippen molar-refractivity contribution in [3.05, 3.63) is 24.3 Å². The van der Waals surface area contributed by atoms with E-state index in [1.807, 2.05) is 0 Å². The number of likely N-dealkylation sites (N-methyl/N-ethyl adjacent to an activating group) is 1. The van der Waals surface area contributed by atoms with Gasteiger partial charge in [-0.2, -0.15) is 13.2 Å². The van der Waals surface area contributed by atoms with Gasteiger partial charge in [0.05, 0.1) is 0 Å². The van der Waals surface area contributed by atoms with E-state index >= 15 is 0 Å². The van der Waals surface area contributed by atoms with E-state index < -0.39 is 31.3 Å². The van der Waals surface area contributed by atoms with Crippen molar-refractivity contribution >= 4 is 11.9 Å². The van der Waals surface area contributed by atoms with Gasteiger partial charge in [-0.05, 0) is 18.6 Å². The molecule has 24 heavy (non-hydrogen) atoms. The smallest absolute Gasteiger partial charge is 0.422 e. The van der Waals surface area contributed by atoms with E-state index in [9.17, 15) is 22.8 Å². The van der Waals surface area contributed by atoms with Crippen molar-refractivity contribution in [2.24, 2.45) is 0 Å². The van der Waals surface area contributed by atoms with Crippen LogP contribution in [0.4, 0.5) is 13.2 Å². The maximum absolute atomic E-state index is 12.2. The molecule has 0 saturated heterocycles. The monoisotopic (exact) mass is 349 g/mol. The fraction of sp³-hybridized carbons (Fsp3) is 0.467. The minimum Gasteiger partial charge on any atom is -0.481 e. The van der Waals surface area contributed by atoms with E-state index in [1.165, 1.54) is 36.2 Å². The second-order valence-corrected chi connectivity index (χ2v) is 4.95. The second-order valence-electron chi connectivity index (χ2n) is 4.95. The number of ether oxygens (including phenoxy) is 2. The average molecular weight is 349 g/mol. The zero-order valence-corrected chi connectivity index (χ0v) is 13.0. The lowest BCUT2D eigenvalue weighted by Gasteiger charge is -2.18. The molecule has 0 aromatic heterocycles. The number of para-hydroxylation sites is 2. The summed E-state index contributed by atoms with van der Waals surface area (Å²) in [4.78, 5) is 23.6. The van der Waals surface area contributed by atoms with Gasteiger partial charge in [0.25, 0.3) is 5.91 Å². The molecule has 0 fully saturated rings. The molecule has 0 spiro atoms. The zero-order chi connectivity index (χ0) is 18.2. The third-order valence-electron chi connectivity index (χ3n) is 2.90. The van der Waals surface area contributed by atoms with Gasteiger partial charge in [-0.1, -0.05) is 12.1 Å². The molecule has 1 aromatic rings. The first-order valence-corrected chi connectivity index (χ1v) is 7.06. The highest BCUT2D eigenvalue weighted by molar-refractivity contribution is 5.77. The minimum absolute atomic E-state index is 0.0223.